The maximum absolute atomic E-state index is 11.8. The summed E-state index contributed by atoms with van der Waals surface area (Å²) >= 11 is 0. The highest BCUT2D eigenvalue weighted by atomic mass is 16.5. The predicted molar refractivity (Wildman–Crippen MR) is 53.3 cm³/mol. The second-order valence-electron chi connectivity index (χ2n) is 3.95. The Balaban J connectivity index is 2.05. The summed E-state index contributed by atoms with van der Waals surface area (Å²) in [6.45, 7) is 5.51. The minimum atomic E-state index is -0.412. The van der Waals surface area contributed by atoms with Gasteiger partial charge in [0.15, 0.2) is 0 Å². The van der Waals surface area contributed by atoms with Gasteiger partial charge in [0, 0.05) is 6.54 Å². The molecule has 82 valence electrons. The van der Waals surface area contributed by atoms with Crippen LogP contribution in [0, 0.1) is 5.41 Å². The molecule has 0 unspecified atom stereocenters. The van der Waals surface area contributed by atoms with Crippen molar-refractivity contribution in [3.05, 3.63) is 6.33 Å². The number of aromatic nitrogens is 3. The first-order chi connectivity index (χ1) is 7.15. The number of rotatable bonds is 3. The van der Waals surface area contributed by atoms with E-state index in [1.54, 1.807) is 10.9 Å². The van der Waals surface area contributed by atoms with Crippen molar-refractivity contribution in [1.82, 2.24) is 14.8 Å². The highest BCUT2D eigenvalue weighted by molar-refractivity contribution is 5.94. The summed E-state index contributed by atoms with van der Waals surface area (Å²) in [7, 11) is 0. The molecular formula is C9H14N4O2. The smallest absolute Gasteiger partial charge is 0.237 e. The lowest BCUT2D eigenvalue weighted by molar-refractivity contribution is -0.152. The topological polar surface area (TPSA) is 69.0 Å². The van der Waals surface area contributed by atoms with Crippen molar-refractivity contribution in [2.45, 2.75) is 20.4 Å². The quantitative estimate of drug-likeness (QED) is 0.777. The Kier molecular flexibility index (Phi) is 2.44. The third kappa shape index (κ3) is 1.72. The molecule has 0 atom stereocenters. The molecule has 6 nitrogen and oxygen atoms in total. The monoisotopic (exact) mass is 210 g/mol. The summed E-state index contributed by atoms with van der Waals surface area (Å²) in [5.41, 5.74) is -0.412. The number of anilines is 1. The number of carbonyl (C=O) groups is 1. The Bertz CT molecular complexity index is 370. The zero-order valence-corrected chi connectivity index (χ0v) is 8.86. The fraction of sp³-hybridized carbons (Fsp3) is 0.667. The lowest BCUT2D eigenvalue weighted by Crippen LogP contribution is -2.49. The Morgan fingerprint density at radius 1 is 1.73 bits per heavy atom. The van der Waals surface area contributed by atoms with Gasteiger partial charge in [-0.15, -0.1) is 10.2 Å². The summed E-state index contributed by atoms with van der Waals surface area (Å²) in [4.78, 5) is 11.8. The third-order valence-electron chi connectivity index (χ3n) is 2.57. The number of amides is 1. The maximum Gasteiger partial charge on any atom is 0.237 e. The number of nitrogens with zero attached hydrogens (tertiary/aromatic N) is 3. The van der Waals surface area contributed by atoms with E-state index in [-0.39, 0.29) is 5.91 Å². The lowest BCUT2D eigenvalue weighted by atomic mass is 9.88. The molecule has 1 aromatic rings. The van der Waals surface area contributed by atoms with Gasteiger partial charge in [0.05, 0.1) is 18.6 Å². The van der Waals surface area contributed by atoms with Crippen molar-refractivity contribution in [2.75, 3.05) is 18.5 Å². The Morgan fingerprint density at radius 2 is 2.47 bits per heavy atom. The van der Waals surface area contributed by atoms with Crippen molar-refractivity contribution < 1.29 is 9.53 Å². The summed E-state index contributed by atoms with van der Waals surface area (Å²) in [6.07, 6.45) is 1.59. The molecule has 0 bridgehead atoms. The Morgan fingerprint density at radius 3 is 3.00 bits per heavy atom. The molecule has 1 N–H and O–H groups in total. The number of hydrogen-bond acceptors (Lipinski definition) is 4. The van der Waals surface area contributed by atoms with Crippen molar-refractivity contribution in [3.63, 3.8) is 0 Å². The van der Waals surface area contributed by atoms with Crippen LogP contribution in [0.25, 0.3) is 0 Å². The largest absolute Gasteiger partial charge is 0.379 e. The van der Waals surface area contributed by atoms with Gasteiger partial charge in [0.2, 0.25) is 11.9 Å². The molecule has 2 rings (SSSR count). The van der Waals surface area contributed by atoms with Gasteiger partial charge in [-0.3, -0.25) is 10.1 Å². The van der Waals surface area contributed by atoms with Gasteiger partial charge in [0.25, 0.3) is 0 Å². The Labute approximate surface area is 87.6 Å². The maximum atomic E-state index is 11.8. The predicted octanol–water partition coefficient (Wildman–Crippen LogP) is 0.273. The zero-order valence-electron chi connectivity index (χ0n) is 8.86. The fourth-order valence-corrected chi connectivity index (χ4v) is 1.37. The number of aryl methyl sites for hydroxylation is 1. The SMILES string of the molecule is CCn1cnnc1NC(=O)C1(C)COC1. The van der Waals surface area contributed by atoms with E-state index in [1.165, 1.54) is 0 Å². The molecule has 2 heterocycles. The van der Waals surface area contributed by atoms with Gasteiger partial charge < -0.3 is 9.30 Å². The van der Waals surface area contributed by atoms with Gasteiger partial charge in [-0.05, 0) is 13.8 Å². The van der Waals surface area contributed by atoms with Crippen molar-refractivity contribution >= 4 is 11.9 Å². The van der Waals surface area contributed by atoms with Crippen LogP contribution in [-0.4, -0.2) is 33.9 Å². The van der Waals surface area contributed by atoms with Crippen LogP contribution in [0.4, 0.5) is 5.95 Å². The second kappa shape index (κ2) is 3.62. The molecule has 0 aromatic carbocycles. The van der Waals surface area contributed by atoms with Crippen LogP contribution in [0.2, 0.25) is 0 Å². The third-order valence-corrected chi connectivity index (χ3v) is 2.57. The van der Waals surface area contributed by atoms with Crippen LogP contribution >= 0.6 is 0 Å². The molecule has 1 aliphatic heterocycles. The van der Waals surface area contributed by atoms with Crippen LogP contribution < -0.4 is 5.32 Å². The normalized spacial score (nSPS) is 18.3. The van der Waals surface area contributed by atoms with E-state index in [9.17, 15) is 4.79 Å². The van der Waals surface area contributed by atoms with Crippen molar-refractivity contribution in [2.24, 2.45) is 5.41 Å². The molecule has 0 saturated carbocycles. The van der Waals surface area contributed by atoms with Crippen LogP contribution in [0.1, 0.15) is 13.8 Å². The minimum absolute atomic E-state index is 0.0588. The van der Waals surface area contributed by atoms with E-state index in [0.29, 0.717) is 19.2 Å². The van der Waals surface area contributed by atoms with E-state index in [1.807, 2.05) is 13.8 Å². The lowest BCUT2D eigenvalue weighted by Gasteiger charge is -2.35. The average molecular weight is 210 g/mol. The minimum Gasteiger partial charge on any atom is -0.379 e. The van der Waals surface area contributed by atoms with E-state index >= 15 is 0 Å². The van der Waals surface area contributed by atoms with Gasteiger partial charge in [-0.2, -0.15) is 0 Å². The molecule has 1 saturated heterocycles. The van der Waals surface area contributed by atoms with E-state index < -0.39 is 5.41 Å². The van der Waals surface area contributed by atoms with Crippen LogP contribution in [0.15, 0.2) is 6.33 Å². The van der Waals surface area contributed by atoms with Gasteiger partial charge in [0.1, 0.15) is 6.33 Å². The molecule has 0 aliphatic carbocycles. The average Bonchev–Trinajstić information content (AvgIpc) is 2.61. The standard InChI is InChI=1S/C9H14N4O2/c1-3-13-6-10-12-8(13)11-7(14)9(2)4-15-5-9/h6H,3-5H2,1-2H3,(H,11,12,14). The van der Waals surface area contributed by atoms with Crippen LogP contribution in [0.3, 0.4) is 0 Å². The number of hydrogen-bond donors (Lipinski definition) is 1. The summed E-state index contributed by atoms with van der Waals surface area (Å²) in [5.74, 6) is 0.437. The highest BCUT2D eigenvalue weighted by Crippen LogP contribution is 2.27. The number of nitrogens with one attached hydrogen (secondary N) is 1. The number of carbonyl (C=O) groups excluding carboxylic acids is 1. The summed E-state index contributed by atoms with van der Waals surface area (Å²) < 4.78 is 6.81. The van der Waals surface area contributed by atoms with Gasteiger partial charge in [-0.25, -0.2) is 0 Å². The molecule has 0 spiro atoms. The zero-order chi connectivity index (χ0) is 10.9. The molecule has 0 radical (unpaired) electrons. The number of ether oxygens (including phenoxy) is 1. The van der Waals surface area contributed by atoms with Crippen molar-refractivity contribution in [1.29, 1.82) is 0 Å². The second-order valence-corrected chi connectivity index (χ2v) is 3.95. The first-order valence-corrected chi connectivity index (χ1v) is 4.93. The first kappa shape index (κ1) is 10.1. The van der Waals surface area contributed by atoms with E-state index in [0.717, 1.165) is 6.54 Å². The van der Waals surface area contributed by atoms with E-state index in [2.05, 4.69) is 15.5 Å². The summed E-state index contributed by atoms with van der Waals surface area (Å²) in [5, 5.41) is 10.3. The highest BCUT2D eigenvalue weighted by Gasteiger charge is 2.41. The molecule has 6 heteroatoms. The molecule has 15 heavy (non-hydrogen) atoms. The molecule has 1 amide bonds. The Hall–Kier alpha value is -1.43. The van der Waals surface area contributed by atoms with Crippen molar-refractivity contribution in [3.8, 4) is 0 Å². The van der Waals surface area contributed by atoms with E-state index in [4.69, 9.17) is 4.74 Å². The molecular weight excluding hydrogens is 196 g/mol. The first-order valence-electron chi connectivity index (χ1n) is 4.93. The molecule has 1 fully saturated rings. The molecule has 1 aliphatic rings. The van der Waals surface area contributed by atoms with Gasteiger partial charge in [-0.1, -0.05) is 0 Å². The fourth-order valence-electron chi connectivity index (χ4n) is 1.37. The molecule has 1 aromatic heterocycles. The van der Waals surface area contributed by atoms with Crippen LogP contribution in [-0.2, 0) is 16.1 Å². The van der Waals surface area contributed by atoms with Gasteiger partial charge >= 0.3 is 0 Å². The van der Waals surface area contributed by atoms with Crippen LogP contribution in [0.5, 0.6) is 0 Å². The summed E-state index contributed by atoms with van der Waals surface area (Å²) in [6, 6.07) is 0.